The molecule has 4 unspecified atom stereocenters. The molecule has 13 heteroatoms. The van der Waals surface area contributed by atoms with Gasteiger partial charge in [0, 0.05) is 24.9 Å². The van der Waals surface area contributed by atoms with E-state index >= 15 is 0 Å². The largest absolute Gasteiger partial charge is 0.480 e. The zero-order chi connectivity index (χ0) is 26.9. The molecule has 0 aliphatic carbocycles. The summed E-state index contributed by atoms with van der Waals surface area (Å²) < 4.78 is 0. The Balaban J connectivity index is 1.66. The summed E-state index contributed by atoms with van der Waals surface area (Å²) in [5.74, 6) is -4.13. The molecule has 1 saturated heterocycles. The first-order chi connectivity index (χ1) is 17.7. The van der Waals surface area contributed by atoms with Crippen molar-refractivity contribution >= 4 is 29.6 Å². The summed E-state index contributed by atoms with van der Waals surface area (Å²) in [5, 5.41) is 14.3. The highest BCUT2D eigenvalue weighted by atomic mass is 16.4. The van der Waals surface area contributed by atoms with Gasteiger partial charge >= 0.3 is 5.97 Å². The van der Waals surface area contributed by atoms with Gasteiger partial charge in [0.15, 0.2) is 0 Å². The van der Waals surface area contributed by atoms with Crippen LogP contribution >= 0.6 is 0 Å². The summed E-state index contributed by atoms with van der Waals surface area (Å²) in [6, 6.07) is 4.71. The lowest BCUT2D eigenvalue weighted by atomic mass is 10.0. The number of hydrogen-bond donors (Lipinski definition) is 6. The number of amides is 4. The van der Waals surface area contributed by atoms with Crippen LogP contribution in [-0.4, -0.2) is 80.3 Å². The number of carbonyl (C=O) groups is 5. The topological polar surface area (TPSA) is 214 Å². The van der Waals surface area contributed by atoms with Crippen molar-refractivity contribution in [2.45, 2.75) is 56.3 Å². The van der Waals surface area contributed by atoms with Gasteiger partial charge in [-0.15, -0.1) is 0 Å². The van der Waals surface area contributed by atoms with Crippen LogP contribution in [0.3, 0.4) is 0 Å². The van der Waals surface area contributed by atoms with Crippen LogP contribution in [0.25, 0.3) is 0 Å². The molecule has 0 bridgehead atoms. The van der Waals surface area contributed by atoms with Crippen LogP contribution in [0.2, 0.25) is 0 Å². The molecule has 3 rings (SSSR count). The predicted octanol–water partition coefficient (Wildman–Crippen LogP) is -1.56. The zero-order valence-corrected chi connectivity index (χ0v) is 20.1. The molecule has 0 saturated carbocycles. The number of nitrogens with zero attached hydrogens (tertiary/aromatic N) is 2. The van der Waals surface area contributed by atoms with Crippen LogP contribution in [0.4, 0.5) is 0 Å². The van der Waals surface area contributed by atoms with Gasteiger partial charge in [0.05, 0.1) is 18.8 Å². The van der Waals surface area contributed by atoms with Crippen molar-refractivity contribution in [3.8, 4) is 0 Å². The molecule has 2 aromatic rings. The number of rotatable bonds is 12. The lowest BCUT2D eigenvalue weighted by Gasteiger charge is -2.28. The molecule has 0 spiro atoms. The minimum absolute atomic E-state index is 0.0947. The Morgan fingerprint density at radius 2 is 1.84 bits per heavy atom. The first kappa shape index (κ1) is 27.3. The van der Waals surface area contributed by atoms with Gasteiger partial charge in [0.25, 0.3) is 0 Å². The first-order valence-corrected chi connectivity index (χ1v) is 11.8. The van der Waals surface area contributed by atoms with Gasteiger partial charge in [-0.2, -0.15) is 0 Å². The second kappa shape index (κ2) is 12.6. The summed E-state index contributed by atoms with van der Waals surface area (Å²) in [4.78, 5) is 70.2. The van der Waals surface area contributed by atoms with E-state index in [2.05, 4.69) is 20.6 Å². The van der Waals surface area contributed by atoms with Gasteiger partial charge in [0.2, 0.25) is 23.6 Å². The van der Waals surface area contributed by atoms with Crippen LogP contribution in [-0.2, 0) is 36.8 Å². The Bertz CT molecular complexity index is 1110. The number of aromatic nitrogens is 2. The number of primary amides is 1. The number of aliphatic carboxylic acids is 1. The van der Waals surface area contributed by atoms with Gasteiger partial charge in [-0.1, -0.05) is 30.3 Å². The maximum absolute atomic E-state index is 13.1. The van der Waals surface area contributed by atoms with Crippen molar-refractivity contribution in [2.24, 2.45) is 11.5 Å². The molecule has 4 amide bonds. The van der Waals surface area contributed by atoms with Gasteiger partial charge < -0.3 is 37.1 Å². The number of benzene rings is 1. The lowest BCUT2D eigenvalue weighted by Crippen LogP contribution is -2.57. The number of nitrogens with one attached hydrogen (secondary N) is 3. The Kier molecular flexibility index (Phi) is 9.33. The standard InChI is InChI=1S/C24H31N7O6/c25-16(9-14-5-2-1-3-6-14)23(35)31-8-4-7-19(31)22(34)29-17(11-20(26)32)21(33)30-18(24(36)37)10-15-12-27-13-28-15/h1-3,5-6,12-13,16-19H,4,7-11,25H2,(H2,26,32)(H,27,28)(H,29,34)(H,30,33)(H,36,37). The summed E-state index contributed by atoms with van der Waals surface area (Å²) in [7, 11) is 0. The average molecular weight is 514 g/mol. The molecular weight excluding hydrogens is 482 g/mol. The number of carboxylic acid groups (broad SMARTS) is 1. The van der Waals surface area contributed by atoms with Crippen LogP contribution in [0.15, 0.2) is 42.9 Å². The zero-order valence-electron chi connectivity index (χ0n) is 20.1. The number of aromatic amines is 1. The molecule has 1 fully saturated rings. The summed E-state index contributed by atoms with van der Waals surface area (Å²) >= 11 is 0. The first-order valence-electron chi connectivity index (χ1n) is 11.8. The Morgan fingerprint density at radius 3 is 2.46 bits per heavy atom. The summed E-state index contributed by atoms with van der Waals surface area (Å²) in [6.07, 6.45) is 3.33. The number of nitrogens with two attached hydrogens (primary N) is 2. The molecule has 0 radical (unpaired) electrons. The number of carbonyl (C=O) groups excluding carboxylic acids is 4. The molecule has 8 N–H and O–H groups in total. The molecule has 37 heavy (non-hydrogen) atoms. The molecule has 13 nitrogen and oxygen atoms in total. The van der Waals surface area contributed by atoms with Gasteiger partial charge in [-0.05, 0) is 24.8 Å². The maximum atomic E-state index is 13.1. The second-order valence-corrected chi connectivity index (χ2v) is 8.90. The van der Waals surface area contributed by atoms with Crippen molar-refractivity contribution in [2.75, 3.05) is 6.54 Å². The summed E-state index contributed by atoms with van der Waals surface area (Å²) in [5.41, 5.74) is 12.8. The number of carboxylic acids is 1. The normalized spacial score (nSPS) is 17.4. The van der Waals surface area contributed by atoms with E-state index in [0.717, 1.165) is 5.56 Å². The molecule has 198 valence electrons. The van der Waals surface area contributed by atoms with E-state index in [1.165, 1.54) is 17.4 Å². The van der Waals surface area contributed by atoms with E-state index in [0.29, 0.717) is 31.5 Å². The quantitative estimate of drug-likeness (QED) is 0.195. The minimum Gasteiger partial charge on any atom is -0.480 e. The Morgan fingerprint density at radius 1 is 1.11 bits per heavy atom. The number of likely N-dealkylation sites (tertiary alicyclic amines) is 1. The van der Waals surface area contributed by atoms with E-state index in [4.69, 9.17) is 11.5 Å². The third kappa shape index (κ3) is 7.61. The van der Waals surface area contributed by atoms with E-state index in [-0.39, 0.29) is 6.42 Å². The van der Waals surface area contributed by atoms with Crippen molar-refractivity contribution in [3.05, 3.63) is 54.1 Å². The molecule has 4 atom stereocenters. The minimum atomic E-state index is -1.43. The van der Waals surface area contributed by atoms with Crippen molar-refractivity contribution < 1.29 is 29.1 Å². The van der Waals surface area contributed by atoms with Crippen LogP contribution in [0.1, 0.15) is 30.5 Å². The highest BCUT2D eigenvalue weighted by Crippen LogP contribution is 2.19. The number of H-pyrrole nitrogens is 1. The van der Waals surface area contributed by atoms with Crippen LogP contribution < -0.4 is 22.1 Å². The van der Waals surface area contributed by atoms with Crippen LogP contribution in [0.5, 0.6) is 0 Å². The maximum Gasteiger partial charge on any atom is 0.326 e. The third-order valence-corrected chi connectivity index (χ3v) is 6.09. The molecular formula is C24H31N7O6. The highest BCUT2D eigenvalue weighted by Gasteiger charge is 2.38. The monoisotopic (exact) mass is 513 g/mol. The van der Waals surface area contributed by atoms with Crippen molar-refractivity contribution in [1.82, 2.24) is 25.5 Å². The van der Waals surface area contributed by atoms with Crippen molar-refractivity contribution in [3.63, 3.8) is 0 Å². The van der Waals surface area contributed by atoms with Gasteiger partial charge in [0.1, 0.15) is 18.1 Å². The third-order valence-electron chi connectivity index (χ3n) is 6.09. The van der Waals surface area contributed by atoms with Gasteiger partial charge in [-0.3, -0.25) is 19.2 Å². The molecule has 1 aliphatic rings. The molecule has 1 aromatic carbocycles. The van der Waals surface area contributed by atoms with Crippen LogP contribution in [0, 0.1) is 0 Å². The molecule has 2 heterocycles. The lowest BCUT2D eigenvalue weighted by molar-refractivity contribution is -0.143. The second-order valence-electron chi connectivity index (χ2n) is 8.90. The van der Waals surface area contributed by atoms with Crippen molar-refractivity contribution in [1.29, 1.82) is 0 Å². The molecule has 1 aliphatic heterocycles. The van der Waals surface area contributed by atoms with E-state index in [9.17, 15) is 29.1 Å². The SMILES string of the molecule is NC(=O)CC(NC(=O)C1CCCN1C(=O)C(N)Cc1ccccc1)C(=O)NC(Cc1cnc[nH]1)C(=O)O. The number of imidazole rings is 1. The predicted molar refractivity (Wildman–Crippen MR) is 130 cm³/mol. The van der Waals surface area contributed by atoms with E-state index in [1.807, 2.05) is 30.3 Å². The van der Waals surface area contributed by atoms with E-state index in [1.54, 1.807) is 0 Å². The Hall–Kier alpha value is -4.26. The highest BCUT2D eigenvalue weighted by molar-refractivity contribution is 5.96. The molecule has 1 aromatic heterocycles. The fourth-order valence-corrected chi connectivity index (χ4v) is 4.24. The fourth-order valence-electron chi connectivity index (χ4n) is 4.24. The van der Waals surface area contributed by atoms with Gasteiger partial charge in [-0.25, -0.2) is 9.78 Å². The van der Waals surface area contributed by atoms with E-state index < -0.39 is 60.2 Å². The average Bonchev–Trinajstić information content (AvgIpc) is 3.55. The summed E-state index contributed by atoms with van der Waals surface area (Å²) in [6.45, 7) is 0.317. The number of hydrogen-bond acceptors (Lipinski definition) is 7. The Labute approximate surface area is 213 Å². The smallest absolute Gasteiger partial charge is 0.326 e. The fraction of sp³-hybridized carbons (Fsp3) is 0.417.